The molecule has 2 aliphatic rings. The summed E-state index contributed by atoms with van der Waals surface area (Å²) in [4.78, 5) is 0. The molecule has 0 radical (unpaired) electrons. The molecule has 1 unspecified atom stereocenters. The second-order valence-corrected chi connectivity index (χ2v) is 7.98. The van der Waals surface area contributed by atoms with E-state index in [-0.39, 0.29) is 0 Å². The third-order valence-electron chi connectivity index (χ3n) is 4.95. The molecule has 0 spiro atoms. The number of fused-ring (bicyclic) bond motifs is 1. The summed E-state index contributed by atoms with van der Waals surface area (Å²) in [6.07, 6.45) is 0. The lowest BCUT2D eigenvalue weighted by Gasteiger charge is -2.19. The summed E-state index contributed by atoms with van der Waals surface area (Å²) >= 11 is 0. The van der Waals surface area contributed by atoms with Crippen molar-refractivity contribution < 1.29 is 18.1 Å². The Labute approximate surface area is 155 Å². The highest BCUT2D eigenvalue weighted by molar-refractivity contribution is 7.50. The van der Waals surface area contributed by atoms with Gasteiger partial charge in [-0.2, -0.15) is 4.57 Å². The Hall–Kier alpha value is -3.23. The first kappa shape index (κ1) is 14.9. The SMILES string of the molecule is O=P12Oc3c(-c4ccccc4)c(-c4ccccc4)c4cccc(c4c3O1)O2. The Kier molecular flexibility index (Phi) is 2.84. The highest BCUT2D eigenvalue weighted by atomic mass is 31.2. The van der Waals surface area contributed by atoms with Crippen LogP contribution < -0.4 is 13.6 Å². The van der Waals surface area contributed by atoms with Crippen molar-refractivity contribution >= 4 is 18.6 Å². The van der Waals surface area contributed by atoms with Crippen LogP contribution in [0.2, 0.25) is 0 Å². The molecule has 0 aromatic heterocycles. The molecule has 130 valence electrons. The van der Waals surface area contributed by atoms with Gasteiger partial charge in [-0.05, 0) is 22.6 Å². The van der Waals surface area contributed by atoms with E-state index in [9.17, 15) is 4.57 Å². The second-order valence-electron chi connectivity index (χ2n) is 6.54. The predicted octanol–water partition coefficient (Wildman–Crippen LogP) is 6.45. The van der Waals surface area contributed by atoms with E-state index in [2.05, 4.69) is 12.1 Å². The van der Waals surface area contributed by atoms with Gasteiger partial charge in [0.05, 0.1) is 5.39 Å². The first-order chi connectivity index (χ1) is 13.2. The monoisotopic (exact) mass is 372 g/mol. The Bertz CT molecular complexity index is 1270. The number of hydrogen-bond acceptors (Lipinski definition) is 4. The third-order valence-corrected chi connectivity index (χ3v) is 6.18. The highest BCUT2D eigenvalue weighted by Crippen LogP contribution is 2.69. The lowest BCUT2D eigenvalue weighted by atomic mass is 9.88. The Morgan fingerprint density at radius 2 is 1.22 bits per heavy atom. The van der Waals surface area contributed by atoms with E-state index >= 15 is 0 Å². The Morgan fingerprint density at radius 3 is 1.93 bits per heavy atom. The minimum atomic E-state index is -3.68. The maximum absolute atomic E-state index is 12.9. The van der Waals surface area contributed by atoms with E-state index in [1.807, 2.05) is 60.7 Å². The van der Waals surface area contributed by atoms with Gasteiger partial charge in [-0.3, -0.25) is 0 Å². The van der Waals surface area contributed by atoms with Gasteiger partial charge >= 0.3 is 7.82 Å². The zero-order valence-corrected chi connectivity index (χ0v) is 15.0. The van der Waals surface area contributed by atoms with Crippen molar-refractivity contribution in [1.29, 1.82) is 0 Å². The van der Waals surface area contributed by atoms with Gasteiger partial charge in [-0.25, -0.2) is 0 Å². The van der Waals surface area contributed by atoms with Gasteiger partial charge in [0.15, 0.2) is 11.5 Å². The fourth-order valence-electron chi connectivity index (χ4n) is 3.88. The number of hydrogen-bond donors (Lipinski definition) is 0. The zero-order chi connectivity index (χ0) is 18.0. The molecule has 0 fully saturated rings. The fraction of sp³-hybridized carbons (Fsp3) is 0. The molecular formula is C22H13O4P. The van der Waals surface area contributed by atoms with Crippen LogP contribution in [0.1, 0.15) is 0 Å². The van der Waals surface area contributed by atoms with Gasteiger partial charge in [-0.1, -0.05) is 72.8 Å². The van der Waals surface area contributed by atoms with Crippen molar-refractivity contribution in [2.75, 3.05) is 0 Å². The summed E-state index contributed by atoms with van der Waals surface area (Å²) in [6.45, 7) is 0. The van der Waals surface area contributed by atoms with Gasteiger partial charge in [0.1, 0.15) is 5.75 Å². The van der Waals surface area contributed by atoms with Gasteiger partial charge < -0.3 is 13.6 Å². The molecule has 6 rings (SSSR count). The van der Waals surface area contributed by atoms with Crippen LogP contribution in [-0.2, 0) is 4.57 Å². The molecule has 0 aliphatic carbocycles. The van der Waals surface area contributed by atoms with Crippen molar-refractivity contribution in [2.45, 2.75) is 0 Å². The molecule has 0 N–H and O–H groups in total. The largest absolute Gasteiger partial charge is 0.647 e. The lowest BCUT2D eigenvalue weighted by molar-refractivity contribution is 0.328. The molecule has 2 heterocycles. The summed E-state index contributed by atoms with van der Waals surface area (Å²) in [6, 6.07) is 25.8. The molecular weight excluding hydrogens is 359 g/mol. The summed E-state index contributed by atoms with van der Waals surface area (Å²) < 4.78 is 29.9. The molecule has 27 heavy (non-hydrogen) atoms. The predicted molar refractivity (Wildman–Crippen MR) is 104 cm³/mol. The zero-order valence-electron chi connectivity index (χ0n) is 14.1. The van der Waals surface area contributed by atoms with Gasteiger partial charge in [0.2, 0.25) is 0 Å². The van der Waals surface area contributed by atoms with E-state index < -0.39 is 7.82 Å². The molecule has 0 amide bonds. The normalized spacial score (nSPS) is 18.8. The minimum Gasteiger partial charge on any atom is -0.385 e. The van der Waals surface area contributed by atoms with E-state index in [1.165, 1.54) is 0 Å². The van der Waals surface area contributed by atoms with Crippen LogP contribution in [0.25, 0.3) is 33.0 Å². The van der Waals surface area contributed by atoms with Gasteiger partial charge in [-0.15, -0.1) is 0 Å². The molecule has 4 nitrogen and oxygen atoms in total. The highest BCUT2D eigenvalue weighted by Gasteiger charge is 2.48. The average molecular weight is 372 g/mol. The molecule has 0 saturated heterocycles. The fourth-order valence-corrected chi connectivity index (χ4v) is 5.18. The molecule has 0 saturated carbocycles. The van der Waals surface area contributed by atoms with Crippen LogP contribution in [0.5, 0.6) is 17.2 Å². The molecule has 2 aliphatic heterocycles. The van der Waals surface area contributed by atoms with Crippen molar-refractivity contribution in [3.05, 3.63) is 78.9 Å². The average Bonchev–Trinajstić information content (AvgIpc) is 3.00. The summed E-state index contributed by atoms with van der Waals surface area (Å²) in [5.74, 6) is 1.53. The Morgan fingerprint density at radius 1 is 0.593 bits per heavy atom. The van der Waals surface area contributed by atoms with Crippen LogP contribution >= 0.6 is 7.82 Å². The van der Waals surface area contributed by atoms with Crippen molar-refractivity contribution in [1.82, 2.24) is 0 Å². The molecule has 5 heteroatoms. The molecule has 2 bridgehead atoms. The maximum atomic E-state index is 12.9. The van der Waals surface area contributed by atoms with E-state index in [1.54, 1.807) is 6.07 Å². The van der Waals surface area contributed by atoms with Crippen molar-refractivity contribution in [3.63, 3.8) is 0 Å². The minimum absolute atomic E-state index is 0.487. The quantitative estimate of drug-likeness (QED) is 0.380. The van der Waals surface area contributed by atoms with Crippen LogP contribution in [0.4, 0.5) is 0 Å². The van der Waals surface area contributed by atoms with Gasteiger partial charge in [0, 0.05) is 11.1 Å². The van der Waals surface area contributed by atoms with Crippen LogP contribution in [0, 0.1) is 0 Å². The summed E-state index contributed by atoms with van der Waals surface area (Å²) in [7, 11) is -3.68. The van der Waals surface area contributed by atoms with Crippen molar-refractivity contribution in [3.8, 4) is 39.5 Å². The Balaban J connectivity index is 1.85. The van der Waals surface area contributed by atoms with E-state index in [0.717, 1.165) is 33.0 Å². The van der Waals surface area contributed by atoms with Crippen LogP contribution in [0.3, 0.4) is 0 Å². The van der Waals surface area contributed by atoms with Crippen molar-refractivity contribution in [2.24, 2.45) is 0 Å². The van der Waals surface area contributed by atoms with Crippen LogP contribution in [-0.4, -0.2) is 0 Å². The first-order valence-corrected chi connectivity index (χ1v) is 10.1. The third kappa shape index (κ3) is 2.02. The maximum Gasteiger partial charge on any atom is 0.647 e. The summed E-state index contributed by atoms with van der Waals surface area (Å²) in [5, 5.41) is 1.78. The van der Waals surface area contributed by atoms with E-state index in [0.29, 0.717) is 17.2 Å². The smallest absolute Gasteiger partial charge is 0.385 e. The number of benzene rings is 4. The molecule has 4 aromatic carbocycles. The number of phosphoric ester groups is 1. The number of rotatable bonds is 2. The summed E-state index contributed by atoms with van der Waals surface area (Å²) in [5.41, 5.74) is 3.90. The van der Waals surface area contributed by atoms with Crippen LogP contribution in [0.15, 0.2) is 78.9 Å². The van der Waals surface area contributed by atoms with Gasteiger partial charge in [0.25, 0.3) is 0 Å². The number of phosphoric acid groups is 1. The lowest BCUT2D eigenvalue weighted by Crippen LogP contribution is -2.03. The second kappa shape index (κ2) is 5.15. The molecule has 1 atom stereocenters. The topological polar surface area (TPSA) is 44.8 Å². The molecule has 4 aromatic rings. The van der Waals surface area contributed by atoms with E-state index in [4.69, 9.17) is 13.6 Å². The standard InChI is InChI=1S/C22H13O4P/c23-27-24-17-13-7-12-16-18(14-8-3-1-4-9-14)19(15-10-5-2-6-11-15)21(25-27)22(26-27)20(16)17/h1-13H. The first-order valence-electron chi connectivity index (χ1n) is 8.66.